The Morgan fingerprint density at radius 1 is 1.03 bits per heavy atom. The van der Waals surface area contributed by atoms with E-state index in [1.54, 1.807) is 24.3 Å². The lowest BCUT2D eigenvalue weighted by molar-refractivity contribution is 0.0594. The quantitative estimate of drug-likeness (QED) is 0.604. The Morgan fingerprint density at radius 2 is 1.71 bits per heavy atom. The summed E-state index contributed by atoms with van der Waals surface area (Å²) in [6, 6.07) is 19.8. The van der Waals surface area contributed by atoms with Crippen LogP contribution in [0.2, 0.25) is 0 Å². The van der Waals surface area contributed by atoms with Gasteiger partial charge in [0.05, 0.1) is 7.11 Å². The molecule has 0 saturated carbocycles. The van der Waals surface area contributed by atoms with Crippen molar-refractivity contribution in [1.82, 2.24) is 10.3 Å². The molecule has 0 bridgehead atoms. The molecule has 1 aliphatic rings. The molecule has 1 aromatic heterocycles. The van der Waals surface area contributed by atoms with Gasteiger partial charge in [-0.25, -0.2) is 14.6 Å². The molecule has 0 spiro atoms. The van der Waals surface area contributed by atoms with Crippen LogP contribution in [0.5, 0.6) is 0 Å². The van der Waals surface area contributed by atoms with Gasteiger partial charge in [0.25, 0.3) is 0 Å². The first-order valence-electron chi connectivity index (χ1n) is 9.97. The molecule has 0 atom stereocenters. The number of hydrogen-bond donors (Lipinski definition) is 1. The third-order valence-corrected chi connectivity index (χ3v) is 5.20. The Hall–Kier alpha value is -3.93. The second-order valence-electron chi connectivity index (χ2n) is 7.07. The summed E-state index contributed by atoms with van der Waals surface area (Å²) in [5, 5.41) is 2.72. The number of esters is 1. The average Bonchev–Trinajstić information content (AvgIpc) is 3.14. The second kappa shape index (κ2) is 9.26. The zero-order valence-corrected chi connectivity index (χ0v) is 17.1. The maximum atomic E-state index is 12.2. The molecule has 1 N–H and O–H groups in total. The van der Waals surface area contributed by atoms with Gasteiger partial charge in [-0.15, -0.1) is 0 Å². The molecule has 4 rings (SSSR count). The second-order valence-corrected chi connectivity index (χ2v) is 7.07. The number of pyridine rings is 1. The number of carbonyl (C=O) groups is 2. The molecular weight excluding hydrogens is 392 g/mol. The maximum absolute atomic E-state index is 12.2. The third kappa shape index (κ3) is 4.48. The van der Waals surface area contributed by atoms with E-state index in [4.69, 9.17) is 4.74 Å². The first-order chi connectivity index (χ1) is 15.2. The number of fused-ring (bicyclic) bond motifs is 3. The number of rotatable bonds is 6. The van der Waals surface area contributed by atoms with Crippen molar-refractivity contribution in [3.63, 3.8) is 0 Å². The van der Waals surface area contributed by atoms with Crippen LogP contribution in [0, 0.1) is 0 Å². The fourth-order valence-electron chi connectivity index (χ4n) is 3.75. The summed E-state index contributed by atoms with van der Waals surface area (Å²) >= 11 is 0. The molecule has 0 unspecified atom stereocenters. The standard InChI is InChI=1S/C25H22N2O4/c1-30-24(28)23-15-17(12-14-26-23)7-6-13-27-25(29)31-16-22-20-10-4-2-8-18(20)19-9-3-5-11-21(19)22/h2-12,14-15,22H,13,16H2,1H3,(H,27,29). The largest absolute Gasteiger partial charge is 0.464 e. The molecule has 1 amide bonds. The minimum atomic E-state index is -0.494. The molecule has 6 heteroatoms. The summed E-state index contributed by atoms with van der Waals surface area (Å²) in [5.74, 6) is -0.464. The lowest BCUT2D eigenvalue weighted by Gasteiger charge is -2.14. The van der Waals surface area contributed by atoms with E-state index in [1.807, 2.05) is 24.3 Å². The van der Waals surface area contributed by atoms with Crippen molar-refractivity contribution in [3.8, 4) is 11.1 Å². The van der Waals surface area contributed by atoms with Crippen LogP contribution in [0.4, 0.5) is 4.79 Å². The van der Waals surface area contributed by atoms with Gasteiger partial charge in [-0.3, -0.25) is 0 Å². The predicted octanol–water partition coefficient (Wildman–Crippen LogP) is 4.42. The van der Waals surface area contributed by atoms with Crippen LogP contribution >= 0.6 is 0 Å². The minimum absolute atomic E-state index is 0.0299. The highest BCUT2D eigenvalue weighted by molar-refractivity contribution is 5.87. The number of methoxy groups -OCH3 is 1. The van der Waals surface area contributed by atoms with Gasteiger partial charge in [0.1, 0.15) is 12.3 Å². The van der Waals surface area contributed by atoms with Crippen LogP contribution in [-0.4, -0.2) is 37.3 Å². The van der Waals surface area contributed by atoms with Gasteiger partial charge in [0.2, 0.25) is 0 Å². The summed E-state index contributed by atoms with van der Waals surface area (Å²) < 4.78 is 10.2. The van der Waals surface area contributed by atoms with Gasteiger partial charge in [0.15, 0.2) is 0 Å². The maximum Gasteiger partial charge on any atom is 0.407 e. The summed E-state index contributed by atoms with van der Waals surface area (Å²) in [6.07, 6.45) is 4.62. The first kappa shape index (κ1) is 20.3. The van der Waals surface area contributed by atoms with E-state index in [2.05, 4.69) is 39.3 Å². The van der Waals surface area contributed by atoms with Crippen molar-refractivity contribution >= 4 is 18.1 Å². The first-order valence-corrected chi connectivity index (χ1v) is 9.97. The van der Waals surface area contributed by atoms with Crippen molar-refractivity contribution < 1.29 is 19.1 Å². The molecule has 31 heavy (non-hydrogen) atoms. The lowest BCUT2D eigenvalue weighted by Crippen LogP contribution is -2.26. The van der Waals surface area contributed by atoms with E-state index in [0.29, 0.717) is 6.54 Å². The smallest absolute Gasteiger partial charge is 0.407 e. The molecule has 0 aliphatic heterocycles. The number of amides is 1. The Bertz CT molecular complexity index is 1090. The normalized spacial score (nSPS) is 12.3. The number of nitrogens with zero attached hydrogens (tertiary/aromatic N) is 1. The monoisotopic (exact) mass is 414 g/mol. The zero-order chi connectivity index (χ0) is 21.6. The fourth-order valence-corrected chi connectivity index (χ4v) is 3.75. The minimum Gasteiger partial charge on any atom is -0.464 e. The van der Waals surface area contributed by atoms with Crippen molar-refractivity contribution in [2.75, 3.05) is 20.3 Å². The van der Waals surface area contributed by atoms with E-state index in [9.17, 15) is 9.59 Å². The molecule has 0 radical (unpaired) electrons. The van der Waals surface area contributed by atoms with E-state index in [1.165, 1.54) is 35.6 Å². The van der Waals surface area contributed by atoms with Crippen LogP contribution in [0.25, 0.3) is 17.2 Å². The molecule has 3 aromatic rings. The van der Waals surface area contributed by atoms with Crippen LogP contribution in [0.3, 0.4) is 0 Å². The van der Waals surface area contributed by atoms with Crippen molar-refractivity contribution in [2.24, 2.45) is 0 Å². The van der Waals surface area contributed by atoms with Crippen molar-refractivity contribution in [2.45, 2.75) is 5.92 Å². The van der Waals surface area contributed by atoms with Gasteiger partial charge in [-0.1, -0.05) is 60.7 Å². The summed E-state index contributed by atoms with van der Waals surface area (Å²) in [4.78, 5) is 27.7. The van der Waals surface area contributed by atoms with Gasteiger partial charge >= 0.3 is 12.1 Å². The number of hydrogen-bond acceptors (Lipinski definition) is 5. The van der Waals surface area contributed by atoms with E-state index in [-0.39, 0.29) is 18.2 Å². The van der Waals surface area contributed by atoms with E-state index in [0.717, 1.165) is 5.56 Å². The molecule has 0 fully saturated rings. The highest BCUT2D eigenvalue weighted by atomic mass is 16.5. The summed E-state index contributed by atoms with van der Waals surface area (Å²) in [7, 11) is 1.31. The Labute approximate surface area is 180 Å². The van der Waals surface area contributed by atoms with E-state index >= 15 is 0 Å². The third-order valence-electron chi connectivity index (χ3n) is 5.20. The molecular formula is C25H22N2O4. The molecule has 1 aliphatic carbocycles. The lowest BCUT2D eigenvalue weighted by atomic mass is 9.98. The van der Waals surface area contributed by atoms with Gasteiger partial charge in [0, 0.05) is 18.7 Å². The number of benzene rings is 2. The van der Waals surface area contributed by atoms with Crippen LogP contribution < -0.4 is 5.32 Å². The molecule has 1 heterocycles. The SMILES string of the molecule is COC(=O)c1cc(C=CCNC(=O)OCC2c3ccccc3-c3ccccc32)ccn1. The Kier molecular flexibility index (Phi) is 6.08. The molecule has 156 valence electrons. The Morgan fingerprint density at radius 3 is 2.39 bits per heavy atom. The van der Waals surface area contributed by atoms with Crippen LogP contribution in [0.1, 0.15) is 33.1 Å². The van der Waals surface area contributed by atoms with Gasteiger partial charge < -0.3 is 14.8 Å². The topological polar surface area (TPSA) is 77.5 Å². The number of carbonyl (C=O) groups excluding carboxylic acids is 2. The van der Waals surface area contributed by atoms with Crippen molar-refractivity contribution in [3.05, 3.63) is 95.3 Å². The molecule has 0 saturated heterocycles. The average molecular weight is 414 g/mol. The number of aromatic nitrogens is 1. The Balaban J connectivity index is 1.31. The number of nitrogens with one attached hydrogen (secondary N) is 1. The number of ether oxygens (including phenoxy) is 2. The van der Waals surface area contributed by atoms with Crippen LogP contribution in [-0.2, 0) is 9.47 Å². The highest BCUT2D eigenvalue weighted by Gasteiger charge is 2.28. The fraction of sp³-hybridized carbons (Fsp3) is 0.160. The van der Waals surface area contributed by atoms with Crippen molar-refractivity contribution in [1.29, 1.82) is 0 Å². The van der Waals surface area contributed by atoms with Gasteiger partial charge in [-0.05, 0) is 39.9 Å². The van der Waals surface area contributed by atoms with Gasteiger partial charge in [-0.2, -0.15) is 0 Å². The zero-order valence-electron chi connectivity index (χ0n) is 17.1. The highest BCUT2D eigenvalue weighted by Crippen LogP contribution is 2.44. The summed E-state index contributed by atoms with van der Waals surface area (Å²) in [6.45, 7) is 0.572. The van der Waals surface area contributed by atoms with E-state index < -0.39 is 12.1 Å². The molecule has 6 nitrogen and oxygen atoms in total. The number of alkyl carbamates (subject to hydrolysis) is 1. The summed E-state index contributed by atoms with van der Waals surface area (Å²) in [5.41, 5.74) is 5.75. The molecule has 2 aromatic carbocycles. The van der Waals surface area contributed by atoms with Crippen LogP contribution in [0.15, 0.2) is 72.9 Å². The predicted molar refractivity (Wildman–Crippen MR) is 118 cm³/mol.